The molecule has 1 aliphatic heterocycles. The van der Waals surface area contributed by atoms with Gasteiger partial charge in [0.25, 0.3) is 11.8 Å². The van der Waals surface area contributed by atoms with Crippen molar-refractivity contribution in [2.45, 2.75) is 32.2 Å². The van der Waals surface area contributed by atoms with E-state index < -0.39 is 11.9 Å². The lowest BCUT2D eigenvalue weighted by molar-refractivity contribution is -0.121. The van der Waals surface area contributed by atoms with Crippen molar-refractivity contribution in [2.24, 2.45) is 5.92 Å². The first-order valence-corrected chi connectivity index (χ1v) is 9.80. The van der Waals surface area contributed by atoms with Gasteiger partial charge >= 0.3 is 0 Å². The summed E-state index contributed by atoms with van der Waals surface area (Å²) in [5, 5.41) is 10.9. The molecule has 3 atom stereocenters. The Balaban J connectivity index is 1.52. The minimum Gasteiger partial charge on any atom is -0.337 e. The summed E-state index contributed by atoms with van der Waals surface area (Å²) in [7, 11) is 1.65. The standard InChI is InChI=1S/C21H23N7O2/c1-12-13(2)17(21(30)28(3)19-16(12)22-9-10-23-19)25-20(29)18-24-15(26-27-18)11-14-7-5-4-6-8-14/h4-10,12-13,17H,11H2,1-3H3,(H,25,29)(H,24,26,27)/t12-,13+,17+/m1/s1. The zero-order valence-electron chi connectivity index (χ0n) is 17.0. The van der Waals surface area contributed by atoms with Crippen LogP contribution in [0.4, 0.5) is 5.82 Å². The molecule has 0 saturated heterocycles. The Hall–Kier alpha value is -3.62. The Morgan fingerprint density at radius 2 is 1.87 bits per heavy atom. The normalized spacial score (nSPS) is 21.1. The lowest BCUT2D eigenvalue weighted by Crippen LogP contribution is -2.50. The average molecular weight is 405 g/mol. The van der Waals surface area contributed by atoms with Gasteiger partial charge in [-0.25, -0.2) is 4.98 Å². The number of H-pyrrole nitrogens is 1. The van der Waals surface area contributed by atoms with E-state index in [0.717, 1.165) is 11.3 Å². The summed E-state index contributed by atoms with van der Waals surface area (Å²) < 4.78 is 0. The van der Waals surface area contributed by atoms with Gasteiger partial charge in [0.05, 0.1) is 5.69 Å². The van der Waals surface area contributed by atoms with Crippen LogP contribution in [0.15, 0.2) is 42.7 Å². The Morgan fingerprint density at radius 3 is 2.63 bits per heavy atom. The summed E-state index contributed by atoms with van der Waals surface area (Å²) in [6.45, 7) is 3.91. The van der Waals surface area contributed by atoms with Gasteiger partial charge in [0, 0.05) is 31.8 Å². The molecule has 0 aliphatic carbocycles. The maximum Gasteiger partial charge on any atom is 0.289 e. The summed E-state index contributed by atoms with van der Waals surface area (Å²) in [4.78, 5) is 39.0. The number of hydrogen-bond acceptors (Lipinski definition) is 6. The van der Waals surface area contributed by atoms with Crippen LogP contribution in [0.5, 0.6) is 0 Å². The van der Waals surface area contributed by atoms with Crippen LogP contribution in [-0.2, 0) is 11.2 Å². The molecule has 3 heterocycles. The Labute approximate surface area is 174 Å². The number of nitrogens with one attached hydrogen (secondary N) is 2. The van der Waals surface area contributed by atoms with Gasteiger partial charge < -0.3 is 10.3 Å². The molecule has 2 amide bonds. The predicted molar refractivity (Wildman–Crippen MR) is 110 cm³/mol. The van der Waals surface area contributed by atoms with Crippen molar-refractivity contribution in [1.82, 2.24) is 30.5 Å². The fourth-order valence-corrected chi connectivity index (χ4v) is 3.67. The number of nitrogens with zero attached hydrogens (tertiary/aromatic N) is 5. The van der Waals surface area contributed by atoms with Crippen molar-refractivity contribution >= 4 is 17.6 Å². The first-order chi connectivity index (χ1) is 14.5. The first-order valence-electron chi connectivity index (χ1n) is 9.80. The third-order valence-electron chi connectivity index (χ3n) is 5.62. The van der Waals surface area contributed by atoms with Gasteiger partial charge in [-0.3, -0.25) is 19.5 Å². The van der Waals surface area contributed by atoms with Crippen LogP contribution in [0, 0.1) is 5.92 Å². The number of anilines is 1. The summed E-state index contributed by atoms with van der Waals surface area (Å²) in [6.07, 6.45) is 3.70. The van der Waals surface area contributed by atoms with Crippen molar-refractivity contribution in [3.05, 3.63) is 65.6 Å². The van der Waals surface area contributed by atoms with Crippen LogP contribution in [0.3, 0.4) is 0 Å². The monoisotopic (exact) mass is 405 g/mol. The SMILES string of the molecule is C[C@@H]1[C@H](NC(=O)c2nnc(Cc3ccccc3)[nH]2)C(=O)N(C)c2nccnc2[C@@H]1C. The molecule has 9 nitrogen and oxygen atoms in total. The number of hydrogen-bond donors (Lipinski definition) is 2. The fraction of sp³-hybridized carbons (Fsp3) is 0.333. The van der Waals surface area contributed by atoms with Crippen LogP contribution in [-0.4, -0.2) is 50.1 Å². The largest absolute Gasteiger partial charge is 0.337 e. The fourth-order valence-electron chi connectivity index (χ4n) is 3.67. The number of amides is 2. The Morgan fingerprint density at radius 1 is 1.13 bits per heavy atom. The van der Waals surface area contributed by atoms with E-state index in [4.69, 9.17) is 0 Å². The number of fused-ring (bicyclic) bond motifs is 1. The molecule has 0 fully saturated rings. The highest BCUT2D eigenvalue weighted by atomic mass is 16.2. The molecule has 9 heteroatoms. The number of carbonyl (C=O) groups is 2. The zero-order chi connectivity index (χ0) is 21.3. The lowest BCUT2D eigenvalue weighted by atomic mass is 9.87. The highest BCUT2D eigenvalue weighted by Crippen LogP contribution is 2.34. The summed E-state index contributed by atoms with van der Waals surface area (Å²) in [6, 6.07) is 9.04. The molecular formula is C21H23N7O2. The third kappa shape index (κ3) is 3.66. The van der Waals surface area contributed by atoms with Crippen LogP contribution < -0.4 is 10.2 Å². The van der Waals surface area contributed by atoms with Crippen LogP contribution in [0.1, 0.15) is 47.5 Å². The highest BCUT2D eigenvalue weighted by Gasteiger charge is 2.40. The van der Waals surface area contributed by atoms with Gasteiger partial charge in [-0.15, -0.1) is 10.2 Å². The molecule has 0 unspecified atom stereocenters. The van der Waals surface area contributed by atoms with E-state index in [9.17, 15) is 9.59 Å². The van der Waals surface area contributed by atoms with Crippen molar-refractivity contribution in [1.29, 1.82) is 0 Å². The summed E-state index contributed by atoms with van der Waals surface area (Å²) in [5.41, 5.74) is 1.80. The number of rotatable bonds is 4. The first kappa shape index (κ1) is 19.7. The van der Waals surface area contributed by atoms with E-state index in [1.165, 1.54) is 4.90 Å². The third-order valence-corrected chi connectivity index (χ3v) is 5.62. The molecule has 2 N–H and O–H groups in total. The maximum absolute atomic E-state index is 13.1. The predicted octanol–water partition coefficient (Wildman–Crippen LogP) is 1.70. The van der Waals surface area contributed by atoms with Crippen LogP contribution in [0.25, 0.3) is 0 Å². The van der Waals surface area contributed by atoms with Gasteiger partial charge in [-0.1, -0.05) is 44.2 Å². The number of benzene rings is 1. The average Bonchev–Trinajstić information content (AvgIpc) is 3.22. The molecule has 30 heavy (non-hydrogen) atoms. The quantitative estimate of drug-likeness (QED) is 0.682. The number of carbonyl (C=O) groups excluding carboxylic acids is 2. The molecule has 0 spiro atoms. The van der Waals surface area contributed by atoms with Gasteiger partial charge in [0.1, 0.15) is 11.9 Å². The van der Waals surface area contributed by atoms with Gasteiger partial charge in [-0.05, 0) is 11.5 Å². The Bertz CT molecular complexity index is 1070. The van der Waals surface area contributed by atoms with E-state index in [-0.39, 0.29) is 23.6 Å². The molecule has 0 saturated carbocycles. The molecule has 154 valence electrons. The summed E-state index contributed by atoms with van der Waals surface area (Å²) >= 11 is 0. The van der Waals surface area contributed by atoms with Crippen LogP contribution in [0.2, 0.25) is 0 Å². The smallest absolute Gasteiger partial charge is 0.289 e. The molecule has 0 radical (unpaired) electrons. The molecule has 4 rings (SSSR count). The minimum atomic E-state index is -0.740. The van der Waals surface area contributed by atoms with E-state index in [1.54, 1.807) is 19.4 Å². The van der Waals surface area contributed by atoms with E-state index in [1.807, 2.05) is 44.2 Å². The minimum absolute atomic E-state index is 0.0729. The van der Waals surface area contributed by atoms with E-state index in [0.29, 0.717) is 18.1 Å². The van der Waals surface area contributed by atoms with Crippen molar-refractivity contribution in [3.63, 3.8) is 0 Å². The Kier molecular flexibility index (Phi) is 5.26. The highest BCUT2D eigenvalue weighted by molar-refractivity contribution is 6.01. The zero-order valence-corrected chi connectivity index (χ0v) is 17.0. The van der Waals surface area contributed by atoms with Crippen LogP contribution >= 0.6 is 0 Å². The van der Waals surface area contributed by atoms with E-state index >= 15 is 0 Å². The van der Waals surface area contributed by atoms with Crippen molar-refractivity contribution in [3.8, 4) is 0 Å². The second-order valence-corrected chi connectivity index (χ2v) is 7.54. The van der Waals surface area contributed by atoms with E-state index in [2.05, 4.69) is 30.5 Å². The summed E-state index contributed by atoms with van der Waals surface area (Å²) in [5.74, 6) is 0.200. The van der Waals surface area contributed by atoms with Gasteiger partial charge in [-0.2, -0.15) is 0 Å². The number of aromatic nitrogens is 5. The lowest BCUT2D eigenvalue weighted by Gasteiger charge is -2.26. The molecule has 2 aromatic heterocycles. The van der Waals surface area contributed by atoms with Crippen molar-refractivity contribution in [2.75, 3.05) is 11.9 Å². The molecule has 1 aliphatic rings. The second kappa shape index (κ2) is 8.02. The van der Waals surface area contributed by atoms with Gasteiger partial charge in [0.2, 0.25) is 5.82 Å². The van der Waals surface area contributed by atoms with Gasteiger partial charge in [0.15, 0.2) is 5.82 Å². The number of aromatic amines is 1. The number of likely N-dealkylation sites (N-methyl/N-ethyl adjacent to an activating group) is 1. The second-order valence-electron chi connectivity index (χ2n) is 7.54. The maximum atomic E-state index is 13.1. The molecular weight excluding hydrogens is 382 g/mol. The molecule has 0 bridgehead atoms. The topological polar surface area (TPSA) is 117 Å². The molecule has 1 aromatic carbocycles. The molecule has 3 aromatic rings. The van der Waals surface area contributed by atoms with Crippen molar-refractivity contribution < 1.29 is 9.59 Å².